The average Bonchev–Trinajstić information content (AvgIpc) is 3.56. The van der Waals surface area contributed by atoms with Gasteiger partial charge in [-0.05, 0) is 69.2 Å². The van der Waals surface area contributed by atoms with Gasteiger partial charge in [0.25, 0.3) is 5.78 Å². The van der Waals surface area contributed by atoms with Gasteiger partial charge in [0.05, 0.1) is 16.2 Å². The number of carbonyl (C=O) groups is 1. The number of aryl methyl sites for hydroxylation is 3. The average molecular weight is 539 g/mol. The highest BCUT2D eigenvalue weighted by molar-refractivity contribution is 7.91. The van der Waals surface area contributed by atoms with Crippen molar-refractivity contribution in [2.45, 2.75) is 82.6 Å². The molecule has 3 aromatic rings. The molecule has 38 heavy (non-hydrogen) atoms. The summed E-state index contributed by atoms with van der Waals surface area (Å²) in [6, 6.07) is 8.83. The van der Waals surface area contributed by atoms with E-state index in [9.17, 15) is 18.3 Å². The van der Waals surface area contributed by atoms with Crippen LogP contribution >= 0.6 is 0 Å². The quantitative estimate of drug-likeness (QED) is 0.419. The maximum Gasteiger partial charge on any atom is 0.338 e. The van der Waals surface area contributed by atoms with Gasteiger partial charge in [-0.25, -0.2) is 22.7 Å². The number of hydrogen-bond acceptors (Lipinski definition) is 8. The van der Waals surface area contributed by atoms with Crippen LogP contribution in [0.2, 0.25) is 0 Å². The minimum Gasteiger partial charge on any atom is -0.512 e. The third-order valence-corrected chi connectivity index (χ3v) is 9.70. The summed E-state index contributed by atoms with van der Waals surface area (Å²) < 4.78 is 32.2. The first-order valence-electron chi connectivity index (χ1n) is 13.3. The Kier molecular flexibility index (Phi) is 7.02. The smallest absolute Gasteiger partial charge is 0.338 e. The number of esters is 1. The summed E-state index contributed by atoms with van der Waals surface area (Å²) in [6.07, 6.45) is 5.52. The molecule has 1 N–H and O–H groups in total. The van der Waals surface area contributed by atoms with Crippen LogP contribution in [0.5, 0.6) is 0 Å². The van der Waals surface area contributed by atoms with Crippen LogP contribution in [0.4, 0.5) is 0 Å². The summed E-state index contributed by atoms with van der Waals surface area (Å²) in [5.41, 5.74) is 2.08. The van der Waals surface area contributed by atoms with E-state index in [0.717, 1.165) is 42.6 Å². The van der Waals surface area contributed by atoms with Crippen molar-refractivity contribution in [1.82, 2.24) is 19.6 Å². The van der Waals surface area contributed by atoms with Crippen LogP contribution < -0.4 is 0 Å². The van der Waals surface area contributed by atoms with E-state index in [4.69, 9.17) is 4.74 Å². The maximum absolute atomic E-state index is 13.3. The monoisotopic (exact) mass is 538 g/mol. The van der Waals surface area contributed by atoms with Crippen molar-refractivity contribution in [2.24, 2.45) is 5.92 Å². The van der Waals surface area contributed by atoms with Gasteiger partial charge in [0.1, 0.15) is 11.4 Å². The maximum atomic E-state index is 13.3. The molecule has 1 aliphatic heterocycles. The Hall–Kier alpha value is -3.27. The van der Waals surface area contributed by atoms with Crippen molar-refractivity contribution in [3.05, 3.63) is 64.4 Å². The van der Waals surface area contributed by atoms with Crippen LogP contribution in [-0.2, 0) is 32.2 Å². The Morgan fingerprint density at radius 1 is 1.13 bits per heavy atom. The van der Waals surface area contributed by atoms with Crippen LogP contribution in [-0.4, -0.2) is 50.4 Å². The van der Waals surface area contributed by atoms with Crippen molar-refractivity contribution in [2.75, 3.05) is 5.75 Å². The van der Waals surface area contributed by atoms with Crippen molar-refractivity contribution < 1.29 is 23.1 Å². The Morgan fingerprint density at radius 2 is 1.84 bits per heavy atom. The van der Waals surface area contributed by atoms with Gasteiger partial charge in [-0.2, -0.15) is 4.98 Å². The molecule has 1 aliphatic carbocycles. The second kappa shape index (κ2) is 10.1. The number of aromatic nitrogens is 4. The van der Waals surface area contributed by atoms with E-state index in [0.29, 0.717) is 29.3 Å². The third kappa shape index (κ3) is 5.06. The second-order valence-corrected chi connectivity index (χ2v) is 12.8. The lowest BCUT2D eigenvalue weighted by molar-refractivity contribution is -0.167. The summed E-state index contributed by atoms with van der Waals surface area (Å²) in [6.45, 7) is 5.43. The molecular formula is C28H34N4O5S. The summed E-state index contributed by atoms with van der Waals surface area (Å²) in [7, 11) is -3.26. The first-order valence-corrected chi connectivity index (χ1v) is 14.9. The second-order valence-electron chi connectivity index (χ2n) is 10.5. The van der Waals surface area contributed by atoms with Gasteiger partial charge in [0.15, 0.2) is 15.7 Å². The number of ether oxygens (including phenoxy) is 1. The third-order valence-electron chi connectivity index (χ3n) is 7.95. The highest BCUT2D eigenvalue weighted by Crippen LogP contribution is 2.46. The molecule has 0 amide bonds. The summed E-state index contributed by atoms with van der Waals surface area (Å²) in [5.74, 6) is 0.599. The molecule has 2 aliphatic rings. The van der Waals surface area contributed by atoms with E-state index >= 15 is 0 Å². The predicted octanol–water partition coefficient (Wildman–Crippen LogP) is 4.40. The molecule has 202 valence electrons. The number of rotatable bonds is 8. The predicted molar refractivity (Wildman–Crippen MR) is 142 cm³/mol. The van der Waals surface area contributed by atoms with Crippen molar-refractivity contribution in [3.63, 3.8) is 0 Å². The normalized spacial score (nSPS) is 20.9. The van der Waals surface area contributed by atoms with Gasteiger partial charge in [-0.15, -0.1) is 5.10 Å². The lowest BCUT2D eigenvalue weighted by Crippen LogP contribution is -2.46. The largest absolute Gasteiger partial charge is 0.512 e. The van der Waals surface area contributed by atoms with Crippen LogP contribution in [0.3, 0.4) is 0 Å². The van der Waals surface area contributed by atoms with E-state index < -0.39 is 21.4 Å². The van der Waals surface area contributed by atoms with Crippen LogP contribution in [0.25, 0.3) is 5.78 Å². The molecule has 0 bridgehead atoms. The minimum absolute atomic E-state index is 0.0391. The van der Waals surface area contributed by atoms with Crippen LogP contribution in [0, 0.1) is 19.8 Å². The Morgan fingerprint density at radius 3 is 2.50 bits per heavy atom. The lowest BCUT2D eigenvalue weighted by atomic mass is 9.76. The van der Waals surface area contributed by atoms with E-state index in [1.54, 1.807) is 23.6 Å². The summed E-state index contributed by atoms with van der Waals surface area (Å²) in [4.78, 5) is 22.5. The molecule has 5 rings (SSSR count). The molecule has 0 radical (unpaired) electrons. The van der Waals surface area contributed by atoms with E-state index in [2.05, 4.69) is 15.1 Å². The summed E-state index contributed by atoms with van der Waals surface area (Å²) >= 11 is 0. The molecule has 3 heterocycles. The molecule has 1 fully saturated rings. The molecule has 1 aromatic carbocycles. The van der Waals surface area contributed by atoms with Gasteiger partial charge in [0.2, 0.25) is 0 Å². The summed E-state index contributed by atoms with van der Waals surface area (Å²) in [5, 5.41) is 15.6. The lowest BCUT2D eigenvalue weighted by Gasteiger charge is -2.41. The zero-order chi connectivity index (χ0) is 27.1. The van der Waals surface area contributed by atoms with Crippen molar-refractivity contribution >= 4 is 21.6 Å². The fourth-order valence-electron chi connectivity index (χ4n) is 5.81. The molecule has 0 spiro atoms. The molecular weight excluding hydrogens is 504 g/mol. The van der Waals surface area contributed by atoms with Crippen molar-refractivity contribution in [3.8, 4) is 0 Å². The number of hydrogen-bond donors (Lipinski definition) is 1. The SMILES string of the molecule is CCS(=O)(=O)c1ccc(CCC2(C3CCCC3)CC(O)=C(Cc3nc4nc(C)cc(C)n4n3)C(=O)O2)cc1. The first-order chi connectivity index (χ1) is 18.1. The molecule has 1 unspecified atom stereocenters. The van der Waals surface area contributed by atoms with Gasteiger partial charge in [-0.3, -0.25) is 0 Å². The Bertz CT molecular complexity index is 1500. The zero-order valence-corrected chi connectivity index (χ0v) is 22.9. The number of cyclic esters (lactones) is 1. The Balaban J connectivity index is 1.38. The number of fused-ring (bicyclic) bond motifs is 1. The number of nitrogens with zero attached hydrogens (tertiary/aromatic N) is 4. The zero-order valence-electron chi connectivity index (χ0n) is 22.1. The number of sulfone groups is 1. The van der Waals surface area contributed by atoms with Gasteiger partial charge in [-0.1, -0.05) is 31.9 Å². The standard InChI is InChI=1S/C28H34N4O5S/c1-4-38(35,36)22-11-9-20(10-12-22)13-14-28(21-7-5-6-8-21)17-24(33)23(26(34)37-28)16-25-30-27-29-18(2)15-19(3)32(27)31-25/h9-12,15,21,33H,4-8,13-14,16-17H2,1-3H3. The number of benzene rings is 1. The molecule has 1 atom stereocenters. The number of carbonyl (C=O) groups excluding carboxylic acids is 1. The van der Waals surface area contributed by atoms with Crippen molar-refractivity contribution in [1.29, 1.82) is 0 Å². The highest BCUT2D eigenvalue weighted by Gasteiger charge is 2.48. The molecule has 0 saturated heterocycles. The number of aliphatic hydroxyl groups is 1. The minimum atomic E-state index is -3.26. The molecule has 10 heteroatoms. The van der Waals surface area contributed by atoms with Crippen LogP contribution in [0.15, 0.2) is 46.6 Å². The molecule has 2 aromatic heterocycles. The molecule has 1 saturated carbocycles. The van der Waals surface area contributed by atoms with Crippen LogP contribution in [0.1, 0.15) is 68.2 Å². The number of aliphatic hydroxyl groups excluding tert-OH is 1. The molecule has 9 nitrogen and oxygen atoms in total. The topological polar surface area (TPSA) is 124 Å². The van der Waals surface area contributed by atoms with E-state index in [1.807, 2.05) is 32.0 Å². The van der Waals surface area contributed by atoms with E-state index in [-0.39, 0.29) is 35.8 Å². The van der Waals surface area contributed by atoms with Gasteiger partial charge >= 0.3 is 5.97 Å². The first kappa shape index (κ1) is 26.3. The highest BCUT2D eigenvalue weighted by atomic mass is 32.2. The Labute approximate surface area is 222 Å². The fourth-order valence-corrected chi connectivity index (χ4v) is 6.70. The fraction of sp³-hybridized carbons (Fsp3) is 0.500. The van der Waals surface area contributed by atoms with Gasteiger partial charge < -0.3 is 9.84 Å². The van der Waals surface area contributed by atoms with E-state index in [1.165, 1.54) is 0 Å². The van der Waals surface area contributed by atoms with Gasteiger partial charge in [0, 0.05) is 24.2 Å².